The first-order valence-corrected chi connectivity index (χ1v) is 7.67. The van der Waals surface area contributed by atoms with Crippen molar-refractivity contribution in [1.29, 1.82) is 0 Å². The summed E-state index contributed by atoms with van der Waals surface area (Å²) in [5, 5.41) is 3.85. The number of hydrogen-bond acceptors (Lipinski definition) is 3. The van der Waals surface area contributed by atoms with Gasteiger partial charge in [-0.25, -0.2) is 0 Å². The number of aromatic nitrogens is 1. The van der Waals surface area contributed by atoms with Gasteiger partial charge in [-0.3, -0.25) is 9.59 Å². The van der Waals surface area contributed by atoms with E-state index in [0.29, 0.717) is 19.5 Å². The molecule has 0 aliphatic heterocycles. The van der Waals surface area contributed by atoms with Crippen molar-refractivity contribution in [1.82, 2.24) is 9.88 Å². The number of hydrogen-bond donors (Lipinski definition) is 1. The number of amides is 1. The number of ether oxygens (including phenoxy) is 1. The summed E-state index contributed by atoms with van der Waals surface area (Å²) in [5.74, 6) is -0.415. The lowest BCUT2D eigenvalue weighted by molar-refractivity contribution is -0.147. The number of carbonyl (C=O) groups is 2. The van der Waals surface area contributed by atoms with Crippen molar-refractivity contribution in [2.45, 2.75) is 39.5 Å². The number of fused-ring (bicyclic) bond motifs is 1. The van der Waals surface area contributed by atoms with Gasteiger partial charge in [-0.2, -0.15) is 0 Å². The van der Waals surface area contributed by atoms with Gasteiger partial charge in [-0.1, -0.05) is 24.8 Å². The van der Waals surface area contributed by atoms with Gasteiger partial charge >= 0.3 is 5.97 Å². The van der Waals surface area contributed by atoms with Gasteiger partial charge in [0, 0.05) is 30.2 Å². The quantitative estimate of drug-likeness (QED) is 0.631. The number of nitrogens with zero attached hydrogens (tertiary/aromatic N) is 1. The van der Waals surface area contributed by atoms with Crippen LogP contribution in [0.3, 0.4) is 0 Å². The molecule has 5 nitrogen and oxygen atoms in total. The maximum atomic E-state index is 11.7. The Morgan fingerprint density at radius 2 is 2.09 bits per heavy atom. The minimum absolute atomic E-state index is 0.103. The highest BCUT2D eigenvalue weighted by Gasteiger charge is 2.11. The number of rotatable bonds is 7. The largest absolute Gasteiger partial charge is 0.463 e. The molecule has 23 heavy (non-hydrogen) atoms. The Balaban J connectivity index is 2.15. The van der Waals surface area contributed by atoms with Crippen molar-refractivity contribution in [3.8, 4) is 0 Å². The zero-order valence-electron chi connectivity index (χ0n) is 13.5. The number of nitrogens with one attached hydrogen (secondary N) is 1. The maximum Gasteiger partial charge on any atom is 0.307 e. The van der Waals surface area contributed by atoms with Crippen LogP contribution in [0.25, 0.3) is 10.9 Å². The van der Waals surface area contributed by atoms with Crippen molar-refractivity contribution < 1.29 is 14.3 Å². The summed E-state index contributed by atoms with van der Waals surface area (Å²) in [5.41, 5.74) is 2.04. The number of benzene rings is 1. The summed E-state index contributed by atoms with van der Waals surface area (Å²) in [6, 6.07) is 7.92. The van der Waals surface area contributed by atoms with E-state index in [-0.39, 0.29) is 18.0 Å². The summed E-state index contributed by atoms with van der Waals surface area (Å²) < 4.78 is 7.18. The Morgan fingerprint density at radius 1 is 1.35 bits per heavy atom. The average molecular weight is 314 g/mol. The topological polar surface area (TPSA) is 60.3 Å². The Labute approximate surface area is 135 Å². The molecule has 0 unspecified atom stereocenters. The van der Waals surface area contributed by atoms with Gasteiger partial charge in [0.25, 0.3) is 0 Å². The van der Waals surface area contributed by atoms with E-state index in [0.717, 1.165) is 16.5 Å². The third-order valence-corrected chi connectivity index (χ3v) is 3.43. The molecule has 0 atom stereocenters. The first-order valence-electron chi connectivity index (χ1n) is 7.67. The molecule has 0 saturated heterocycles. The van der Waals surface area contributed by atoms with Crippen LogP contribution < -0.4 is 5.32 Å². The molecule has 0 spiro atoms. The molecule has 2 rings (SSSR count). The molecule has 0 fully saturated rings. The summed E-state index contributed by atoms with van der Waals surface area (Å²) in [7, 11) is 0. The lowest BCUT2D eigenvalue weighted by Gasteiger charge is -2.08. The van der Waals surface area contributed by atoms with Gasteiger partial charge in [0.2, 0.25) is 5.91 Å². The third-order valence-electron chi connectivity index (χ3n) is 3.43. The predicted molar refractivity (Wildman–Crippen MR) is 89.8 cm³/mol. The second kappa shape index (κ2) is 7.63. The molecule has 0 radical (unpaired) electrons. The Morgan fingerprint density at radius 3 is 2.78 bits per heavy atom. The summed E-state index contributed by atoms with van der Waals surface area (Å²) >= 11 is 0. The standard InChI is InChI=1S/C18H22N2O3/c1-4-17(21)19-11-14-12-20(10-9-18(22)23-13(2)3)16-8-6-5-7-15(14)16/h4-8,12-13H,1,9-11H2,2-3H3,(H,19,21). The van der Waals surface area contributed by atoms with Crippen molar-refractivity contribution in [3.63, 3.8) is 0 Å². The second-order valence-corrected chi connectivity index (χ2v) is 5.58. The van der Waals surface area contributed by atoms with Crippen LogP contribution in [0.1, 0.15) is 25.8 Å². The molecule has 1 N–H and O–H groups in total. The molecular formula is C18H22N2O3. The molecule has 1 aromatic carbocycles. The summed E-state index contributed by atoms with van der Waals surface area (Å²) in [4.78, 5) is 23.1. The fraction of sp³-hybridized carbons (Fsp3) is 0.333. The zero-order valence-corrected chi connectivity index (χ0v) is 13.5. The third kappa shape index (κ3) is 4.45. The number of para-hydroxylation sites is 1. The van der Waals surface area contributed by atoms with Crippen LogP contribution in [0.15, 0.2) is 43.1 Å². The summed E-state index contributed by atoms with van der Waals surface area (Å²) in [6.45, 7) is 8.09. The minimum atomic E-state index is -0.209. The van der Waals surface area contributed by atoms with E-state index >= 15 is 0 Å². The molecule has 0 bridgehead atoms. The molecule has 0 aliphatic carbocycles. The number of esters is 1. The van der Waals surface area contributed by atoms with Crippen LogP contribution >= 0.6 is 0 Å². The van der Waals surface area contributed by atoms with Gasteiger partial charge in [0.15, 0.2) is 0 Å². The lowest BCUT2D eigenvalue weighted by Crippen LogP contribution is -2.19. The fourth-order valence-corrected chi connectivity index (χ4v) is 2.44. The second-order valence-electron chi connectivity index (χ2n) is 5.58. The van der Waals surface area contributed by atoms with Crippen LogP contribution in [0, 0.1) is 0 Å². The van der Waals surface area contributed by atoms with E-state index in [9.17, 15) is 9.59 Å². The van der Waals surface area contributed by atoms with Gasteiger partial charge in [0.05, 0.1) is 12.5 Å². The van der Waals surface area contributed by atoms with Crippen molar-refractivity contribution in [2.75, 3.05) is 0 Å². The molecule has 1 amide bonds. The van der Waals surface area contributed by atoms with Crippen LogP contribution in [0.5, 0.6) is 0 Å². The van der Waals surface area contributed by atoms with E-state index < -0.39 is 0 Å². The van der Waals surface area contributed by atoms with E-state index in [4.69, 9.17) is 4.74 Å². The average Bonchev–Trinajstić information content (AvgIpc) is 2.88. The molecule has 1 aromatic heterocycles. The monoisotopic (exact) mass is 314 g/mol. The van der Waals surface area contributed by atoms with E-state index in [2.05, 4.69) is 11.9 Å². The SMILES string of the molecule is C=CC(=O)NCc1cn(CCC(=O)OC(C)C)c2ccccc12. The Hall–Kier alpha value is -2.56. The van der Waals surface area contributed by atoms with Crippen LogP contribution in [-0.4, -0.2) is 22.5 Å². The van der Waals surface area contributed by atoms with Gasteiger partial charge < -0.3 is 14.6 Å². The van der Waals surface area contributed by atoms with E-state index in [1.54, 1.807) is 0 Å². The van der Waals surface area contributed by atoms with E-state index in [1.807, 2.05) is 48.9 Å². The zero-order chi connectivity index (χ0) is 16.8. The molecule has 122 valence electrons. The first-order chi connectivity index (χ1) is 11.0. The Kier molecular flexibility index (Phi) is 5.57. The number of aryl methyl sites for hydroxylation is 1. The molecule has 5 heteroatoms. The maximum absolute atomic E-state index is 11.7. The summed E-state index contributed by atoms with van der Waals surface area (Å²) in [6.07, 6.45) is 3.43. The van der Waals surface area contributed by atoms with Crippen LogP contribution in [0.2, 0.25) is 0 Å². The molecular weight excluding hydrogens is 292 g/mol. The smallest absolute Gasteiger partial charge is 0.307 e. The fourth-order valence-electron chi connectivity index (χ4n) is 2.44. The highest BCUT2D eigenvalue weighted by molar-refractivity contribution is 5.88. The van der Waals surface area contributed by atoms with Gasteiger partial charge in [-0.15, -0.1) is 0 Å². The van der Waals surface area contributed by atoms with E-state index in [1.165, 1.54) is 6.08 Å². The lowest BCUT2D eigenvalue weighted by atomic mass is 10.2. The van der Waals surface area contributed by atoms with Crippen molar-refractivity contribution in [3.05, 3.63) is 48.7 Å². The highest BCUT2D eigenvalue weighted by atomic mass is 16.5. The van der Waals surface area contributed by atoms with Crippen molar-refractivity contribution >= 4 is 22.8 Å². The number of carbonyl (C=O) groups excluding carboxylic acids is 2. The van der Waals surface area contributed by atoms with Gasteiger partial charge in [-0.05, 0) is 31.6 Å². The van der Waals surface area contributed by atoms with Crippen molar-refractivity contribution in [2.24, 2.45) is 0 Å². The minimum Gasteiger partial charge on any atom is -0.463 e. The molecule has 1 heterocycles. The van der Waals surface area contributed by atoms with Crippen LogP contribution in [-0.2, 0) is 27.4 Å². The van der Waals surface area contributed by atoms with Gasteiger partial charge in [0.1, 0.15) is 0 Å². The molecule has 2 aromatic rings. The van der Waals surface area contributed by atoms with Crippen LogP contribution in [0.4, 0.5) is 0 Å². The predicted octanol–water partition coefficient (Wildman–Crippen LogP) is 2.79. The first kappa shape index (κ1) is 16.8. The molecule has 0 aliphatic rings. The normalized spacial score (nSPS) is 10.7. The Bertz CT molecular complexity index is 716. The molecule has 0 saturated carbocycles. The highest BCUT2D eigenvalue weighted by Crippen LogP contribution is 2.21.